The number of nitrogens with one attached hydrogen (secondary N) is 2. The number of anilines is 1. The smallest absolute Gasteiger partial charge is 0.273 e. The molecule has 11 heteroatoms. The first-order valence-electron chi connectivity index (χ1n) is 9.56. The van der Waals surface area contributed by atoms with Gasteiger partial charge in [0.15, 0.2) is 0 Å². The van der Waals surface area contributed by atoms with Crippen molar-refractivity contribution in [3.8, 4) is 0 Å². The third-order valence-corrected chi connectivity index (χ3v) is 5.36. The number of nitrogens with zero attached hydrogens (tertiary/aromatic N) is 2. The first kappa shape index (κ1) is 25.8. The minimum Gasteiger partial charge on any atom is -0.495 e. The van der Waals surface area contributed by atoms with Gasteiger partial charge in [0.25, 0.3) is 5.91 Å². The lowest BCUT2D eigenvalue weighted by atomic mass is 10.0. The minimum absolute atomic E-state index is 0. The van der Waals surface area contributed by atoms with Gasteiger partial charge in [-0.2, -0.15) is 0 Å². The number of benzene rings is 1. The quantitative estimate of drug-likeness (QED) is 0.411. The molecule has 0 aliphatic carbocycles. The number of aromatic nitrogens is 1. The lowest BCUT2D eigenvalue weighted by Crippen LogP contribution is -2.40. The van der Waals surface area contributed by atoms with E-state index >= 15 is 0 Å². The molecule has 0 saturated carbocycles. The van der Waals surface area contributed by atoms with Gasteiger partial charge in [-0.1, -0.05) is 6.58 Å². The number of hydrogen-bond donors (Lipinski definition) is 2. The van der Waals surface area contributed by atoms with E-state index in [4.69, 9.17) is 14.6 Å². The molecular weight excluding hydrogens is 451 g/mol. The summed E-state index contributed by atoms with van der Waals surface area (Å²) < 4.78 is 24.6. The second-order valence-electron chi connectivity index (χ2n) is 7.00. The molecule has 3 aromatic rings. The molecule has 0 unspecified atom stereocenters. The number of carbonyl (C=O) groups excluding carboxylic acids is 1. The Bertz CT molecular complexity index is 1180. The Morgan fingerprint density at radius 2 is 2.12 bits per heavy atom. The minimum atomic E-state index is -0.408. The maximum Gasteiger partial charge on any atom is 0.273 e. The molecule has 4 rings (SSSR count). The fourth-order valence-corrected chi connectivity index (χ4v) is 3.68. The van der Waals surface area contributed by atoms with Gasteiger partial charge in [-0.25, -0.2) is 4.39 Å². The van der Waals surface area contributed by atoms with E-state index in [-0.39, 0.29) is 28.3 Å². The number of ether oxygens (including phenoxy) is 1. The molecule has 176 valence electrons. The second-order valence-corrected chi connectivity index (χ2v) is 7.87. The van der Waals surface area contributed by atoms with Crippen molar-refractivity contribution in [2.24, 2.45) is 0 Å². The number of furan rings is 1. The number of morpholine rings is 1. The molecule has 9 nitrogen and oxygen atoms in total. The molecule has 1 aliphatic heterocycles. The Kier molecular flexibility index (Phi) is 8.57. The molecule has 6 N–H and O–H groups in total. The first-order chi connectivity index (χ1) is 15.0. The molecular formula is C22H25FN4O5S. The van der Waals surface area contributed by atoms with Crippen LogP contribution in [0.25, 0.3) is 11.0 Å². The summed E-state index contributed by atoms with van der Waals surface area (Å²) in [5, 5.41) is 12.5. The van der Waals surface area contributed by atoms with Crippen LogP contribution >= 0.6 is 11.8 Å². The van der Waals surface area contributed by atoms with Crippen LogP contribution < -0.4 is 5.32 Å². The van der Waals surface area contributed by atoms with Gasteiger partial charge in [-0.15, -0.1) is 11.8 Å². The highest BCUT2D eigenvalue weighted by Gasteiger charge is 2.24. The van der Waals surface area contributed by atoms with Gasteiger partial charge in [0.05, 0.1) is 24.7 Å². The topological polar surface area (TPSA) is 154 Å². The highest BCUT2D eigenvalue weighted by Crippen LogP contribution is 2.28. The highest BCUT2D eigenvalue weighted by molar-refractivity contribution is 7.98. The van der Waals surface area contributed by atoms with Crippen molar-refractivity contribution in [2.45, 2.75) is 0 Å². The third kappa shape index (κ3) is 5.33. The summed E-state index contributed by atoms with van der Waals surface area (Å²) in [6.07, 6.45) is 4.87. The second kappa shape index (κ2) is 10.9. The normalized spacial score (nSPS) is 13.0. The fourth-order valence-electron chi connectivity index (χ4n) is 3.38. The molecule has 33 heavy (non-hydrogen) atoms. The van der Waals surface area contributed by atoms with Gasteiger partial charge in [0.1, 0.15) is 35.7 Å². The van der Waals surface area contributed by atoms with E-state index in [2.05, 4.69) is 16.9 Å². The average molecular weight is 477 g/mol. The van der Waals surface area contributed by atoms with Crippen molar-refractivity contribution < 1.29 is 29.3 Å². The van der Waals surface area contributed by atoms with E-state index < -0.39 is 5.82 Å². The van der Waals surface area contributed by atoms with E-state index in [0.29, 0.717) is 59.1 Å². The molecule has 1 saturated heterocycles. The average Bonchev–Trinajstić information content (AvgIpc) is 3.19. The summed E-state index contributed by atoms with van der Waals surface area (Å²) in [6.45, 7) is 4.95. The lowest BCUT2D eigenvalue weighted by Gasteiger charge is -2.28. The number of pyridine rings is 1. The zero-order chi connectivity index (χ0) is 22.0. The molecule has 0 atom stereocenters. The van der Waals surface area contributed by atoms with E-state index in [9.17, 15) is 9.18 Å². The summed E-state index contributed by atoms with van der Waals surface area (Å²) in [5.41, 5.74) is 2.41. The van der Waals surface area contributed by atoms with Gasteiger partial charge >= 0.3 is 0 Å². The van der Waals surface area contributed by atoms with Gasteiger partial charge in [-0.3, -0.25) is 15.2 Å². The maximum atomic E-state index is 13.8. The Morgan fingerprint density at radius 3 is 2.85 bits per heavy atom. The van der Waals surface area contributed by atoms with Gasteiger partial charge in [0, 0.05) is 28.4 Å². The van der Waals surface area contributed by atoms with Crippen molar-refractivity contribution in [2.75, 3.05) is 37.1 Å². The van der Waals surface area contributed by atoms with Crippen LogP contribution in [0.4, 0.5) is 10.1 Å². The molecule has 1 amide bonds. The van der Waals surface area contributed by atoms with Crippen LogP contribution in [0.15, 0.2) is 53.5 Å². The fraction of sp³-hybridized carbons (Fsp3) is 0.227. The lowest BCUT2D eigenvalue weighted by molar-refractivity contribution is 0.0554. The summed E-state index contributed by atoms with van der Waals surface area (Å²) in [6, 6.07) is 5.83. The van der Waals surface area contributed by atoms with Crippen LogP contribution in [0.1, 0.15) is 21.6 Å². The molecule has 1 fully saturated rings. The summed E-state index contributed by atoms with van der Waals surface area (Å²) in [7, 11) is 0. The van der Waals surface area contributed by atoms with Gasteiger partial charge in [0.2, 0.25) is 0 Å². The van der Waals surface area contributed by atoms with E-state index in [1.807, 2.05) is 6.26 Å². The third-order valence-electron chi connectivity index (χ3n) is 4.93. The summed E-state index contributed by atoms with van der Waals surface area (Å²) in [4.78, 5) is 18.9. The van der Waals surface area contributed by atoms with E-state index in [1.54, 1.807) is 22.7 Å². The number of carbonyl (C=O) groups is 1. The standard InChI is InChI=1S/C22H21FN4O3S.2H2O/c1-13-10-27(5-6-29-13)22(28)19-8-18(26-12-31-2)16(9-25-19)21(24)17-11-30-20-4-3-14(23)7-15(17)20;;/h3-4,7-9,11,24H,1,5-6,10,12H2,2H3,(H,25,26);2*1H2. The largest absolute Gasteiger partial charge is 0.495 e. The van der Waals surface area contributed by atoms with Crippen LogP contribution in [0.3, 0.4) is 0 Å². The Morgan fingerprint density at radius 1 is 1.33 bits per heavy atom. The molecule has 1 aliphatic rings. The van der Waals surface area contributed by atoms with Gasteiger partial charge < -0.3 is 30.3 Å². The number of fused-ring (bicyclic) bond motifs is 1. The number of rotatable bonds is 6. The monoisotopic (exact) mass is 476 g/mol. The Labute approximate surface area is 193 Å². The first-order valence-corrected chi connectivity index (χ1v) is 11.0. The van der Waals surface area contributed by atoms with Crippen LogP contribution in [0.5, 0.6) is 0 Å². The van der Waals surface area contributed by atoms with Crippen LogP contribution in [-0.2, 0) is 4.74 Å². The zero-order valence-corrected chi connectivity index (χ0v) is 18.7. The predicted octanol–water partition coefficient (Wildman–Crippen LogP) is 2.45. The molecule has 2 aromatic heterocycles. The number of amides is 1. The SMILES string of the molecule is C=C1CN(C(=O)c2cc(NCSC)c(C(=N)c3coc4ccc(F)cc34)cn2)CCO1.O.O. The van der Waals surface area contributed by atoms with Crippen molar-refractivity contribution >= 4 is 40.0 Å². The van der Waals surface area contributed by atoms with E-state index in [0.717, 1.165) is 0 Å². The van der Waals surface area contributed by atoms with Crippen molar-refractivity contribution in [1.29, 1.82) is 5.41 Å². The molecule has 0 spiro atoms. The maximum absolute atomic E-state index is 13.8. The Hall–Kier alpha value is -3.41. The predicted molar refractivity (Wildman–Crippen MR) is 127 cm³/mol. The van der Waals surface area contributed by atoms with Crippen LogP contribution in [0.2, 0.25) is 0 Å². The Balaban J connectivity index is 0.00000193. The molecule has 0 bridgehead atoms. The van der Waals surface area contributed by atoms with Gasteiger partial charge in [-0.05, 0) is 30.5 Å². The number of thioether (sulfide) groups is 1. The zero-order valence-electron chi connectivity index (χ0n) is 17.9. The van der Waals surface area contributed by atoms with Crippen LogP contribution in [-0.4, -0.2) is 64.3 Å². The highest BCUT2D eigenvalue weighted by atomic mass is 32.2. The number of hydrogen-bond acceptors (Lipinski definition) is 7. The molecule has 1 aromatic carbocycles. The van der Waals surface area contributed by atoms with E-state index in [1.165, 1.54) is 30.7 Å². The van der Waals surface area contributed by atoms with Crippen molar-refractivity contribution in [1.82, 2.24) is 9.88 Å². The summed E-state index contributed by atoms with van der Waals surface area (Å²) >= 11 is 1.57. The molecule has 3 heterocycles. The van der Waals surface area contributed by atoms with Crippen molar-refractivity contribution in [3.63, 3.8) is 0 Å². The molecule has 0 radical (unpaired) electrons. The number of halogens is 1. The summed E-state index contributed by atoms with van der Waals surface area (Å²) in [5.74, 6) is 0.478. The van der Waals surface area contributed by atoms with Crippen LogP contribution in [0, 0.1) is 11.2 Å². The van der Waals surface area contributed by atoms with Crippen molar-refractivity contribution in [3.05, 3.63) is 71.7 Å².